The summed E-state index contributed by atoms with van der Waals surface area (Å²) < 4.78 is 41.9. The third-order valence-corrected chi connectivity index (χ3v) is 4.60. The molecule has 0 bridgehead atoms. The molecule has 3 aromatic rings. The second kappa shape index (κ2) is 7.57. The monoisotopic (exact) mass is 390 g/mol. The zero-order chi connectivity index (χ0) is 20.5. The average molecular weight is 390 g/mol. The maximum absolute atomic E-state index is 13.4. The molecule has 9 heteroatoms. The van der Waals surface area contributed by atoms with Gasteiger partial charge in [0.15, 0.2) is 11.5 Å². The van der Waals surface area contributed by atoms with Crippen molar-refractivity contribution in [3.63, 3.8) is 0 Å². The lowest BCUT2D eigenvalue weighted by atomic mass is 10.0. The van der Waals surface area contributed by atoms with Gasteiger partial charge in [-0.25, -0.2) is 9.97 Å². The van der Waals surface area contributed by atoms with Crippen LogP contribution in [0.4, 0.5) is 19.0 Å². The van der Waals surface area contributed by atoms with Crippen LogP contribution in [0.2, 0.25) is 0 Å². The summed E-state index contributed by atoms with van der Waals surface area (Å²) in [7, 11) is 1.84. The van der Waals surface area contributed by atoms with Crippen LogP contribution in [0, 0.1) is 13.8 Å². The van der Waals surface area contributed by atoms with Gasteiger partial charge in [-0.2, -0.15) is 18.3 Å². The molecule has 6 nitrogen and oxygen atoms in total. The molecule has 0 aliphatic carbocycles. The minimum atomic E-state index is -4.58. The molecule has 1 atom stereocenters. The number of hydrogen-bond donors (Lipinski definition) is 1. The Morgan fingerprint density at radius 1 is 1.14 bits per heavy atom. The molecule has 0 amide bonds. The summed E-state index contributed by atoms with van der Waals surface area (Å²) in [6.07, 6.45) is -0.946. The van der Waals surface area contributed by atoms with Crippen molar-refractivity contribution in [2.45, 2.75) is 39.4 Å². The molecule has 0 saturated carbocycles. The number of rotatable bonds is 5. The lowest BCUT2D eigenvalue weighted by molar-refractivity contribution is -0.141. The van der Waals surface area contributed by atoms with Crippen molar-refractivity contribution >= 4 is 5.82 Å². The van der Waals surface area contributed by atoms with E-state index in [1.54, 1.807) is 16.8 Å². The molecule has 0 fully saturated rings. The van der Waals surface area contributed by atoms with Gasteiger partial charge in [-0.3, -0.25) is 9.67 Å². The molecule has 3 aromatic heterocycles. The predicted molar refractivity (Wildman–Crippen MR) is 99.6 cm³/mol. The van der Waals surface area contributed by atoms with Crippen LogP contribution >= 0.6 is 0 Å². The fourth-order valence-corrected chi connectivity index (χ4v) is 3.15. The van der Waals surface area contributed by atoms with Crippen LogP contribution in [0.5, 0.6) is 0 Å². The first-order chi connectivity index (χ1) is 13.2. The minimum absolute atomic E-state index is 0.00536. The van der Waals surface area contributed by atoms with Gasteiger partial charge in [0.1, 0.15) is 5.82 Å². The van der Waals surface area contributed by atoms with Crippen LogP contribution in [0.1, 0.15) is 42.0 Å². The highest BCUT2D eigenvalue weighted by Gasteiger charge is 2.34. The van der Waals surface area contributed by atoms with Crippen molar-refractivity contribution in [3.8, 4) is 11.4 Å². The summed E-state index contributed by atoms with van der Waals surface area (Å²) in [6, 6.07) is 3.86. The molecule has 28 heavy (non-hydrogen) atoms. The fourth-order valence-electron chi connectivity index (χ4n) is 3.15. The Labute approximate surface area is 160 Å². The van der Waals surface area contributed by atoms with E-state index in [4.69, 9.17) is 0 Å². The lowest BCUT2D eigenvalue weighted by Gasteiger charge is -2.20. The number of hydrogen-bond acceptors (Lipinski definition) is 5. The van der Waals surface area contributed by atoms with Crippen molar-refractivity contribution < 1.29 is 13.2 Å². The molecule has 0 saturated heterocycles. The number of aryl methyl sites for hydroxylation is 2. The Bertz CT molecular complexity index is 966. The van der Waals surface area contributed by atoms with Gasteiger partial charge in [-0.15, -0.1) is 0 Å². The smallest absolute Gasteiger partial charge is 0.363 e. The third kappa shape index (κ3) is 3.97. The first kappa shape index (κ1) is 19.8. The van der Waals surface area contributed by atoms with E-state index in [0.717, 1.165) is 23.0 Å². The number of aromatic nitrogens is 5. The largest absolute Gasteiger partial charge is 0.433 e. The molecular formula is C19H21F3N6. The Morgan fingerprint density at radius 2 is 1.82 bits per heavy atom. The van der Waals surface area contributed by atoms with E-state index in [1.807, 2.05) is 27.8 Å². The van der Waals surface area contributed by atoms with Crippen molar-refractivity contribution in [1.82, 2.24) is 24.7 Å². The highest BCUT2D eigenvalue weighted by molar-refractivity contribution is 5.57. The molecule has 3 heterocycles. The Morgan fingerprint density at radius 3 is 2.36 bits per heavy atom. The van der Waals surface area contributed by atoms with Gasteiger partial charge in [0, 0.05) is 42.3 Å². The van der Waals surface area contributed by atoms with Gasteiger partial charge < -0.3 is 5.32 Å². The molecule has 1 N–H and O–H groups in total. The molecule has 0 aromatic carbocycles. The van der Waals surface area contributed by atoms with Gasteiger partial charge in [-0.1, -0.05) is 6.92 Å². The first-order valence-electron chi connectivity index (χ1n) is 8.84. The molecule has 1 unspecified atom stereocenters. The van der Waals surface area contributed by atoms with Gasteiger partial charge in [0.2, 0.25) is 0 Å². The standard InChI is InChI=1S/C19H21F3N6/c1-5-14(17-11(2)27-28(4)12(17)3)24-16-10-15(19(20,21)22)25-18(26-16)13-6-8-23-9-7-13/h6-10,14H,5H2,1-4H3,(H,24,25,26). The molecule has 3 rings (SSSR count). The quantitative estimate of drug-likeness (QED) is 0.696. The zero-order valence-electron chi connectivity index (χ0n) is 16.0. The summed E-state index contributed by atoms with van der Waals surface area (Å²) in [5.41, 5.74) is 2.22. The molecule has 0 radical (unpaired) electrons. The van der Waals surface area contributed by atoms with Crippen molar-refractivity contribution in [2.24, 2.45) is 7.05 Å². The predicted octanol–water partition coefficient (Wildman–Crippen LogP) is 4.47. The van der Waals surface area contributed by atoms with Crippen molar-refractivity contribution in [1.29, 1.82) is 0 Å². The Hall–Kier alpha value is -2.97. The SMILES string of the molecule is CCC(Nc1cc(C(F)(F)F)nc(-c2ccncc2)n1)c1c(C)nn(C)c1C. The highest BCUT2D eigenvalue weighted by Crippen LogP contribution is 2.33. The van der Waals surface area contributed by atoms with Crippen LogP contribution < -0.4 is 5.32 Å². The maximum atomic E-state index is 13.4. The average Bonchev–Trinajstić information content (AvgIpc) is 2.91. The molecule has 148 valence electrons. The van der Waals surface area contributed by atoms with Crippen molar-refractivity contribution in [2.75, 3.05) is 5.32 Å². The normalized spacial score (nSPS) is 12.8. The first-order valence-corrected chi connectivity index (χ1v) is 8.84. The van der Waals surface area contributed by atoms with Gasteiger partial charge >= 0.3 is 6.18 Å². The number of nitrogens with one attached hydrogen (secondary N) is 1. The van der Waals surface area contributed by atoms with Crippen LogP contribution in [0.3, 0.4) is 0 Å². The van der Waals surface area contributed by atoms with Crippen LogP contribution in [0.15, 0.2) is 30.6 Å². The summed E-state index contributed by atoms with van der Waals surface area (Å²) in [5, 5.41) is 7.54. The molecule has 0 aliphatic rings. The van der Waals surface area contributed by atoms with E-state index in [0.29, 0.717) is 12.0 Å². The van der Waals surface area contributed by atoms with E-state index in [-0.39, 0.29) is 17.7 Å². The second-order valence-corrected chi connectivity index (χ2v) is 6.51. The van der Waals surface area contributed by atoms with Crippen LogP contribution in [0.25, 0.3) is 11.4 Å². The Kier molecular flexibility index (Phi) is 5.35. The van der Waals surface area contributed by atoms with Crippen LogP contribution in [-0.4, -0.2) is 24.7 Å². The van der Waals surface area contributed by atoms with Gasteiger partial charge in [0.05, 0.1) is 11.7 Å². The number of alkyl halides is 3. The van der Waals surface area contributed by atoms with Crippen molar-refractivity contribution in [3.05, 3.63) is 53.2 Å². The topological polar surface area (TPSA) is 68.5 Å². The summed E-state index contributed by atoms with van der Waals surface area (Å²) in [4.78, 5) is 11.9. The molecule has 0 spiro atoms. The molecule has 0 aliphatic heterocycles. The summed E-state index contributed by atoms with van der Waals surface area (Å²) >= 11 is 0. The van der Waals surface area contributed by atoms with E-state index in [9.17, 15) is 13.2 Å². The zero-order valence-corrected chi connectivity index (χ0v) is 16.0. The van der Waals surface area contributed by atoms with Crippen LogP contribution in [-0.2, 0) is 13.2 Å². The molecular weight excluding hydrogens is 369 g/mol. The van der Waals surface area contributed by atoms with E-state index in [1.165, 1.54) is 12.4 Å². The third-order valence-electron chi connectivity index (χ3n) is 4.60. The fraction of sp³-hybridized carbons (Fsp3) is 0.368. The number of halogens is 3. The number of pyridine rings is 1. The number of anilines is 1. The summed E-state index contributed by atoms with van der Waals surface area (Å²) in [5.74, 6) is 0.109. The maximum Gasteiger partial charge on any atom is 0.433 e. The van der Waals surface area contributed by atoms with E-state index >= 15 is 0 Å². The van der Waals surface area contributed by atoms with E-state index in [2.05, 4.69) is 25.4 Å². The lowest BCUT2D eigenvalue weighted by Crippen LogP contribution is -2.16. The number of nitrogens with zero attached hydrogens (tertiary/aromatic N) is 5. The van der Waals surface area contributed by atoms with Gasteiger partial charge in [-0.05, 0) is 32.4 Å². The minimum Gasteiger partial charge on any atom is -0.363 e. The summed E-state index contributed by atoms with van der Waals surface area (Å²) in [6.45, 7) is 5.78. The second-order valence-electron chi connectivity index (χ2n) is 6.51. The van der Waals surface area contributed by atoms with E-state index < -0.39 is 11.9 Å². The Balaban J connectivity index is 2.05. The van der Waals surface area contributed by atoms with Gasteiger partial charge in [0.25, 0.3) is 0 Å². The highest BCUT2D eigenvalue weighted by atomic mass is 19.4.